The minimum atomic E-state index is -0.581. The Morgan fingerprint density at radius 3 is 1.90 bits per heavy atom. The fraction of sp³-hybridized carbons (Fsp3) is 0.385. The number of anilines is 5. The Balaban J connectivity index is 1.40. The van der Waals surface area contributed by atoms with Gasteiger partial charge in [0.05, 0.1) is 11.3 Å². The number of carbonyl (C=O) groups is 1. The SMILES string of the molecule is N[C@@H]1C[C@H](N)CN(c2nc(Nc3ccc(NC(=O)c4cc(Br)ccc4O)c(O)c3)nc(N3C[C@H](N)C[C@H](N)C3)n2)C1. The molecule has 5 rings (SSSR count). The van der Waals surface area contributed by atoms with E-state index in [2.05, 4.69) is 36.5 Å². The number of phenols is 2. The second kappa shape index (κ2) is 12.0. The van der Waals surface area contributed by atoms with Gasteiger partial charge in [-0.1, -0.05) is 15.9 Å². The molecule has 2 aromatic carbocycles. The molecule has 41 heavy (non-hydrogen) atoms. The van der Waals surface area contributed by atoms with Gasteiger partial charge in [0.15, 0.2) is 0 Å². The number of aromatic hydroxyl groups is 2. The largest absolute Gasteiger partial charge is 0.507 e. The van der Waals surface area contributed by atoms with Gasteiger partial charge in [0.1, 0.15) is 11.5 Å². The fourth-order valence-electron chi connectivity index (χ4n) is 5.10. The summed E-state index contributed by atoms with van der Waals surface area (Å²) in [6.45, 7) is 2.16. The van der Waals surface area contributed by atoms with Crippen LogP contribution in [0, 0.1) is 0 Å². The summed E-state index contributed by atoms with van der Waals surface area (Å²) in [5.41, 5.74) is 25.6. The first-order valence-corrected chi connectivity index (χ1v) is 14.0. The molecule has 218 valence electrons. The van der Waals surface area contributed by atoms with Crippen LogP contribution >= 0.6 is 15.9 Å². The number of hydrogen-bond acceptors (Lipinski definition) is 13. The van der Waals surface area contributed by atoms with Gasteiger partial charge in [0.2, 0.25) is 17.8 Å². The van der Waals surface area contributed by atoms with E-state index in [0.29, 0.717) is 61.1 Å². The molecule has 0 aliphatic carbocycles. The number of piperidine rings is 2. The topological polar surface area (TPSA) is 231 Å². The molecule has 2 fully saturated rings. The van der Waals surface area contributed by atoms with E-state index >= 15 is 0 Å². The predicted octanol–water partition coefficient (Wildman–Crippen LogP) is 0.771. The minimum Gasteiger partial charge on any atom is -0.507 e. The Morgan fingerprint density at radius 1 is 0.805 bits per heavy atom. The maximum atomic E-state index is 12.7. The fourth-order valence-corrected chi connectivity index (χ4v) is 5.46. The summed E-state index contributed by atoms with van der Waals surface area (Å²) in [7, 11) is 0. The van der Waals surface area contributed by atoms with Crippen molar-refractivity contribution in [1.29, 1.82) is 0 Å². The number of aromatic nitrogens is 3. The third-order valence-electron chi connectivity index (χ3n) is 6.91. The third kappa shape index (κ3) is 6.94. The molecule has 0 radical (unpaired) electrons. The highest BCUT2D eigenvalue weighted by molar-refractivity contribution is 9.10. The quantitative estimate of drug-likeness (QED) is 0.177. The van der Waals surface area contributed by atoms with Crippen LogP contribution in [0.4, 0.5) is 29.2 Å². The molecule has 0 saturated carbocycles. The third-order valence-corrected chi connectivity index (χ3v) is 7.41. The Kier molecular flexibility index (Phi) is 8.42. The van der Waals surface area contributed by atoms with Gasteiger partial charge in [-0.2, -0.15) is 15.0 Å². The summed E-state index contributed by atoms with van der Waals surface area (Å²) >= 11 is 3.28. The van der Waals surface area contributed by atoms with Crippen molar-refractivity contribution in [2.75, 3.05) is 46.6 Å². The number of halogens is 1. The van der Waals surface area contributed by atoms with E-state index in [1.54, 1.807) is 12.1 Å². The standard InChI is InChI=1S/C26H34BrN11O3/c27-13-1-4-21(39)19(5-13)23(41)33-20-3-2-18(8-22(20)40)32-24-34-25(37-9-14(28)6-15(29)10-37)36-26(35-24)38-11-16(30)7-17(31)12-38/h1-5,8,14-17,39-40H,6-7,9-12,28-31H2,(H,33,41)(H,32,34,35,36)/t14-,15+,16-,17+. The number of nitrogens with zero attached hydrogens (tertiary/aromatic N) is 5. The van der Waals surface area contributed by atoms with Crippen LogP contribution in [0.15, 0.2) is 40.9 Å². The van der Waals surface area contributed by atoms with Crippen LogP contribution in [-0.2, 0) is 0 Å². The lowest BCUT2D eigenvalue weighted by molar-refractivity contribution is 0.102. The minimum absolute atomic E-state index is 0.0560. The number of nitrogens with one attached hydrogen (secondary N) is 2. The van der Waals surface area contributed by atoms with Crippen LogP contribution in [0.3, 0.4) is 0 Å². The summed E-state index contributed by atoms with van der Waals surface area (Å²) in [5, 5.41) is 26.4. The van der Waals surface area contributed by atoms with E-state index < -0.39 is 5.91 Å². The lowest BCUT2D eigenvalue weighted by Crippen LogP contribution is -2.54. The molecule has 1 amide bonds. The molecule has 3 aromatic rings. The zero-order chi connectivity index (χ0) is 29.3. The average Bonchev–Trinajstić information content (AvgIpc) is 2.90. The molecule has 3 heterocycles. The van der Waals surface area contributed by atoms with Crippen molar-refractivity contribution < 1.29 is 15.0 Å². The van der Waals surface area contributed by atoms with Gasteiger partial charge in [0, 0.05) is 66.6 Å². The summed E-state index contributed by atoms with van der Waals surface area (Å²) in [5.74, 6) is 0.100. The van der Waals surface area contributed by atoms with Gasteiger partial charge < -0.3 is 53.6 Å². The number of benzene rings is 2. The van der Waals surface area contributed by atoms with Gasteiger partial charge >= 0.3 is 0 Å². The van der Waals surface area contributed by atoms with Gasteiger partial charge in [-0.3, -0.25) is 4.79 Å². The Bertz CT molecular complexity index is 1360. The zero-order valence-electron chi connectivity index (χ0n) is 22.2. The van der Waals surface area contributed by atoms with Gasteiger partial charge in [-0.25, -0.2) is 0 Å². The molecule has 2 aliphatic heterocycles. The van der Waals surface area contributed by atoms with Crippen LogP contribution in [-0.4, -0.2) is 81.4 Å². The van der Waals surface area contributed by atoms with E-state index in [0.717, 1.165) is 0 Å². The second-order valence-corrected chi connectivity index (χ2v) is 11.5. The molecule has 12 N–H and O–H groups in total. The smallest absolute Gasteiger partial charge is 0.259 e. The van der Waals surface area contributed by atoms with E-state index in [9.17, 15) is 15.0 Å². The average molecular weight is 629 g/mol. The molecular weight excluding hydrogens is 594 g/mol. The number of carbonyl (C=O) groups excluding carboxylic acids is 1. The Labute approximate surface area is 245 Å². The molecule has 14 nitrogen and oxygen atoms in total. The van der Waals surface area contributed by atoms with Crippen molar-refractivity contribution in [2.24, 2.45) is 22.9 Å². The molecule has 0 unspecified atom stereocenters. The van der Waals surface area contributed by atoms with Gasteiger partial charge in [0.25, 0.3) is 5.91 Å². The highest BCUT2D eigenvalue weighted by Gasteiger charge is 2.29. The van der Waals surface area contributed by atoms with E-state index in [4.69, 9.17) is 27.9 Å². The summed E-state index contributed by atoms with van der Waals surface area (Å²) < 4.78 is 0.627. The van der Waals surface area contributed by atoms with Crippen molar-refractivity contribution >= 4 is 51.1 Å². The first-order valence-electron chi connectivity index (χ1n) is 13.2. The molecule has 15 heteroatoms. The van der Waals surface area contributed by atoms with E-state index in [-0.39, 0.29) is 52.9 Å². The molecule has 2 aliphatic rings. The molecule has 2 saturated heterocycles. The molecule has 4 atom stereocenters. The normalized spacial score (nSPS) is 22.9. The Morgan fingerprint density at radius 2 is 1.37 bits per heavy atom. The van der Waals surface area contributed by atoms with E-state index in [1.165, 1.54) is 24.3 Å². The van der Waals surface area contributed by atoms with Crippen LogP contribution in [0.1, 0.15) is 23.2 Å². The van der Waals surface area contributed by atoms with Gasteiger partial charge in [-0.15, -0.1) is 0 Å². The number of phenolic OH excluding ortho intramolecular Hbond substituents is 2. The van der Waals surface area contributed by atoms with Crippen molar-refractivity contribution in [1.82, 2.24) is 15.0 Å². The first kappa shape index (κ1) is 28.8. The van der Waals surface area contributed by atoms with Gasteiger partial charge in [-0.05, 0) is 43.2 Å². The summed E-state index contributed by atoms with van der Waals surface area (Å²) in [6.07, 6.45) is 1.41. The number of nitrogens with two attached hydrogens (primary N) is 4. The van der Waals surface area contributed by atoms with Crippen molar-refractivity contribution in [2.45, 2.75) is 37.0 Å². The summed E-state index contributed by atoms with van der Waals surface area (Å²) in [4.78, 5) is 30.5. The zero-order valence-corrected chi connectivity index (χ0v) is 23.8. The highest BCUT2D eigenvalue weighted by atomic mass is 79.9. The number of amides is 1. The molecular formula is C26H34BrN11O3. The second-order valence-electron chi connectivity index (χ2n) is 10.6. The monoisotopic (exact) mass is 627 g/mol. The molecule has 0 bridgehead atoms. The van der Waals surface area contributed by atoms with Crippen molar-refractivity contribution in [3.63, 3.8) is 0 Å². The van der Waals surface area contributed by atoms with Crippen molar-refractivity contribution in [3.05, 3.63) is 46.4 Å². The highest BCUT2D eigenvalue weighted by Crippen LogP contribution is 2.31. The van der Waals surface area contributed by atoms with Crippen LogP contribution in [0.5, 0.6) is 11.5 Å². The predicted molar refractivity (Wildman–Crippen MR) is 161 cm³/mol. The first-order chi connectivity index (χ1) is 19.5. The van der Waals surface area contributed by atoms with Crippen LogP contribution in [0.25, 0.3) is 0 Å². The van der Waals surface area contributed by atoms with Crippen LogP contribution < -0.4 is 43.4 Å². The molecule has 1 aromatic heterocycles. The molecule has 0 spiro atoms. The van der Waals surface area contributed by atoms with Crippen molar-refractivity contribution in [3.8, 4) is 11.5 Å². The summed E-state index contributed by atoms with van der Waals surface area (Å²) in [6, 6.07) is 8.63. The lowest BCUT2D eigenvalue weighted by Gasteiger charge is -2.37. The van der Waals surface area contributed by atoms with E-state index in [1.807, 2.05) is 9.80 Å². The number of rotatable bonds is 6. The van der Waals surface area contributed by atoms with Crippen LogP contribution in [0.2, 0.25) is 0 Å². The maximum Gasteiger partial charge on any atom is 0.259 e. The lowest BCUT2D eigenvalue weighted by atomic mass is 10.0. The Hall–Kier alpha value is -3.76. The maximum absolute atomic E-state index is 12.7. The number of hydrogen-bond donors (Lipinski definition) is 8.